The Hall–Kier alpha value is -1.29. The Labute approximate surface area is 111 Å². The van der Waals surface area contributed by atoms with Gasteiger partial charge in [-0.2, -0.15) is 0 Å². The van der Waals surface area contributed by atoms with E-state index in [1.54, 1.807) is 11.0 Å². The maximum absolute atomic E-state index is 13.5. The van der Waals surface area contributed by atoms with Crippen LogP contribution in [0.5, 0.6) is 0 Å². The van der Waals surface area contributed by atoms with Crippen LogP contribution >= 0.6 is 11.6 Å². The summed E-state index contributed by atoms with van der Waals surface area (Å²) < 4.78 is 13.5. The average Bonchev–Trinajstić information content (AvgIpc) is 2.62. The molecule has 98 valence electrons. The molecular formula is C13H16ClFN2O. The largest absolute Gasteiger partial charge is 0.325 e. The highest BCUT2D eigenvalue weighted by Crippen LogP contribution is 2.25. The number of anilines is 1. The molecule has 1 aliphatic rings. The van der Waals surface area contributed by atoms with Gasteiger partial charge in [-0.25, -0.2) is 9.18 Å². The van der Waals surface area contributed by atoms with E-state index in [4.69, 9.17) is 11.6 Å². The molecule has 1 heterocycles. The van der Waals surface area contributed by atoms with E-state index in [1.807, 2.05) is 0 Å². The van der Waals surface area contributed by atoms with Crippen molar-refractivity contribution in [3.8, 4) is 0 Å². The second kappa shape index (κ2) is 6.05. The van der Waals surface area contributed by atoms with Crippen molar-refractivity contribution in [1.29, 1.82) is 0 Å². The Kier molecular flexibility index (Phi) is 4.42. The average molecular weight is 271 g/mol. The molecule has 2 amide bonds. The molecule has 0 saturated carbocycles. The first-order chi connectivity index (χ1) is 8.68. The number of halogens is 2. The van der Waals surface area contributed by atoms with Gasteiger partial charge in [0, 0.05) is 13.1 Å². The van der Waals surface area contributed by atoms with Crippen LogP contribution in [0.15, 0.2) is 18.2 Å². The van der Waals surface area contributed by atoms with Crippen LogP contribution in [0.25, 0.3) is 0 Å². The molecule has 0 aliphatic carbocycles. The standard InChI is InChI=1S/C13H16ClFN2O/c14-10-6-5-7-11(15)12(10)16-13(18)17-8-3-1-2-4-9-17/h5-7H,1-4,8-9H2,(H,16,18). The van der Waals surface area contributed by atoms with Gasteiger partial charge >= 0.3 is 6.03 Å². The number of benzene rings is 1. The zero-order chi connectivity index (χ0) is 13.0. The topological polar surface area (TPSA) is 32.3 Å². The summed E-state index contributed by atoms with van der Waals surface area (Å²) in [4.78, 5) is 13.7. The molecule has 1 N–H and O–H groups in total. The summed E-state index contributed by atoms with van der Waals surface area (Å²) in [5, 5.41) is 2.78. The Morgan fingerprint density at radius 2 is 1.89 bits per heavy atom. The number of urea groups is 1. The van der Waals surface area contributed by atoms with Crippen LogP contribution < -0.4 is 5.32 Å². The van der Waals surface area contributed by atoms with Crippen molar-refractivity contribution in [1.82, 2.24) is 4.90 Å². The number of likely N-dealkylation sites (tertiary alicyclic amines) is 1. The zero-order valence-electron chi connectivity index (χ0n) is 10.1. The highest BCUT2D eigenvalue weighted by Gasteiger charge is 2.17. The van der Waals surface area contributed by atoms with Crippen molar-refractivity contribution in [2.24, 2.45) is 0 Å². The van der Waals surface area contributed by atoms with Crippen LogP contribution in [0, 0.1) is 5.82 Å². The second-order valence-electron chi connectivity index (χ2n) is 4.43. The van der Waals surface area contributed by atoms with E-state index < -0.39 is 5.82 Å². The molecule has 5 heteroatoms. The third-order valence-corrected chi connectivity index (χ3v) is 3.40. The molecule has 1 aliphatic heterocycles. The lowest BCUT2D eigenvalue weighted by atomic mass is 10.2. The lowest BCUT2D eigenvalue weighted by molar-refractivity contribution is 0.213. The van der Waals surface area contributed by atoms with E-state index in [1.165, 1.54) is 12.1 Å². The number of nitrogens with one attached hydrogen (secondary N) is 1. The lowest BCUT2D eigenvalue weighted by Crippen LogP contribution is -2.35. The molecule has 18 heavy (non-hydrogen) atoms. The van der Waals surface area contributed by atoms with Gasteiger partial charge in [0.05, 0.1) is 10.7 Å². The molecule has 1 aromatic carbocycles. The Morgan fingerprint density at radius 1 is 1.22 bits per heavy atom. The summed E-state index contributed by atoms with van der Waals surface area (Å²) >= 11 is 5.87. The first kappa shape index (κ1) is 13.1. The quantitative estimate of drug-likeness (QED) is 0.825. The van der Waals surface area contributed by atoms with Gasteiger partial charge in [-0.1, -0.05) is 30.5 Å². The highest BCUT2D eigenvalue weighted by molar-refractivity contribution is 6.33. The third-order valence-electron chi connectivity index (χ3n) is 3.09. The van der Waals surface area contributed by atoms with E-state index in [-0.39, 0.29) is 16.7 Å². The number of hydrogen-bond acceptors (Lipinski definition) is 1. The SMILES string of the molecule is O=C(Nc1c(F)cccc1Cl)N1CCCCCC1. The van der Waals surface area contributed by atoms with Crippen molar-refractivity contribution < 1.29 is 9.18 Å². The van der Waals surface area contributed by atoms with Crippen molar-refractivity contribution in [3.05, 3.63) is 29.0 Å². The Bertz CT molecular complexity index is 411. The molecule has 0 unspecified atom stereocenters. The van der Waals surface area contributed by atoms with E-state index >= 15 is 0 Å². The molecule has 0 spiro atoms. The predicted octanol–water partition coefficient (Wildman–Crippen LogP) is 3.89. The summed E-state index contributed by atoms with van der Waals surface area (Å²) in [7, 11) is 0. The van der Waals surface area contributed by atoms with Crippen molar-refractivity contribution >= 4 is 23.3 Å². The molecule has 1 saturated heterocycles. The maximum atomic E-state index is 13.5. The normalized spacial score (nSPS) is 16.2. The van der Waals surface area contributed by atoms with Crippen LogP contribution in [0.4, 0.5) is 14.9 Å². The number of hydrogen-bond donors (Lipinski definition) is 1. The zero-order valence-corrected chi connectivity index (χ0v) is 10.8. The van der Waals surface area contributed by atoms with Gasteiger partial charge in [0.1, 0.15) is 5.82 Å². The van der Waals surface area contributed by atoms with Crippen molar-refractivity contribution in [2.45, 2.75) is 25.7 Å². The maximum Gasteiger partial charge on any atom is 0.321 e. The molecule has 0 bridgehead atoms. The number of para-hydroxylation sites is 1. The first-order valence-electron chi connectivity index (χ1n) is 6.18. The molecule has 3 nitrogen and oxygen atoms in total. The fourth-order valence-corrected chi connectivity index (χ4v) is 2.29. The summed E-state index contributed by atoms with van der Waals surface area (Å²) in [5.41, 5.74) is 0.0633. The number of amides is 2. The molecule has 1 fully saturated rings. The van der Waals surface area contributed by atoms with Gasteiger partial charge in [0.2, 0.25) is 0 Å². The minimum atomic E-state index is -0.509. The molecular weight excluding hydrogens is 255 g/mol. The summed E-state index contributed by atoms with van der Waals surface area (Å²) in [6, 6.07) is 4.08. The minimum Gasteiger partial charge on any atom is -0.325 e. The van der Waals surface area contributed by atoms with Gasteiger partial charge in [0.25, 0.3) is 0 Å². The summed E-state index contributed by atoms with van der Waals surface area (Å²) in [6.45, 7) is 1.44. The van der Waals surface area contributed by atoms with E-state index in [0.717, 1.165) is 38.8 Å². The van der Waals surface area contributed by atoms with Crippen molar-refractivity contribution in [2.75, 3.05) is 18.4 Å². The molecule has 0 radical (unpaired) electrons. The molecule has 2 rings (SSSR count). The number of carbonyl (C=O) groups is 1. The van der Waals surface area contributed by atoms with Crippen LogP contribution in [-0.2, 0) is 0 Å². The first-order valence-corrected chi connectivity index (χ1v) is 6.56. The van der Waals surface area contributed by atoms with Gasteiger partial charge in [-0.05, 0) is 25.0 Å². The minimum absolute atomic E-state index is 0.0633. The molecule has 0 aromatic heterocycles. The fraction of sp³-hybridized carbons (Fsp3) is 0.462. The van der Waals surface area contributed by atoms with Crippen LogP contribution in [0.1, 0.15) is 25.7 Å². The number of nitrogens with zero attached hydrogens (tertiary/aromatic N) is 1. The summed E-state index contributed by atoms with van der Waals surface area (Å²) in [5.74, 6) is -0.509. The highest BCUT2D eigenvalue weighted by atomic mass is 35.5. The van der Waals surface area contributed by atoms with Crippen molar-refractivity contribution in [3.63, 3.8) is 0 Å². The second-order valence-corrected chi connectivity index (χ2v) is 4.84. The fourth-order valence-electron chi connectivity index (χ4n) is 2.08. The summed E-state index contributed by atoms with van der Waals surface area (Å²) in [6.07, 6.45) is 4.28. The van der Waals surface area contributed by atoms with Gasteiger partial charge < -0.3 is 10.2 Å². The monoisotopic (exact) mass is 270 g/mol. The van der Waals surface area contributed by atoms with Gasteiger partial charge in [0.15, 0.2) is 0 Å². The Morgan fingerprint density at radius 3 is 2.50 bits per heavy atom. The third kappa shape index (κ3) is 3.13. The van der Waals surface area contributed by atoms with Crippen LogP contribution in [-0.4, -0.2) is 24.0 Å². The van der Waals surface area contributed by atoms with Gasteiger partial charge in [-0.3, -0.25) is 0 Å². The van der Waals surface area contributed by atoms with E-state index in [0.29, 0.717) is 0 Å². The van der Waals surface area contributed by atoms with Gasteiger partial charge in [-0.15, -0.1) is 0 Å². The van der Waals surface area contributed by atoms with E-state index in [9.17, 15) is 9.18 Å². The molecule has 0 atom stereocenters. The lowest BCUT2D eigenvalue weighted by Gasteiger charge is -2.21. The number of rotatable bonds is 1. The Balaban J connectivity index is 2.06. The van der Waals surface area contributed by atoms with Crippen LogP contribution in [0.3, 0.4) is 0 Å². The number of carbonyl (C=O) groups excluding carboxylic acids is 1. The van der Waals surface area contributed by atoms with Crippen LogP contribution in [0.2, 0.25) is 5.02 Å². The predicted molar refractivity (Wildman–Crippen MR) is 70.5 cm³/mol. The molecule has 1 aromatic rings. The smallest absolute Gasteiger partial charge is 0.321 e. The van der Waals surface area contributed by atoms with E-state index in [2.05, 4.69) is 5.32 Å².